The molecule has 8 nitrogen and oxygen atoms in total. The highest BCUT2D eigenvalue weighted by molar-refractivity contribution is 7.52. The number of ether oxygens (including phenoxy) is 2. The van der Waals surface area contributed by atoms with Crippen LogP contribution in [-0.2, 0) is 14.0 Å². The monoisotopic (exact) mass is 386 g/mol. The van der Waals surface area contributed by atoms with Gasteiger partial charge in [-0.25, -0.2) is 0 Å². The van der Waals surface area contributed by atoms with E-state index in [2.05, 4.69) is 6.92 Å². The Balaban J connectivity index is 5.04. The van der Waals surface area contributed by atoms with Gasteiger partial charge in [0, 0.05) is 6.61 Å². The van der Waals surface area contributed by atoms with Crippen LogP contribution < -0.4 is 0 Å². The molecule has 0 aromatic rings. The fourth-order valence-electron chi connectivity index (χ4n) is 2.46. The van der Waals surface area contributed by atoms with Crippen LogP contribution in [0.15, 0.2) is 0 Å². The molecule has 152 valence electrons. The number of rotatable bonds is 16. The van der Waals surface area contributed by atoms with E-state index in [9.17, 15) is 24.6 Å². The normalized spacial score (nSPS) is 17.2. The van der Waals surface area contributed by atoms with Crippen LogP contribution in [0.25, 0.3) is 0 Å². The molecular formula is C16H35O8P. The molecule has 0 saturated heterocycles. The van der Waals surface area contributed by atoms with Gasteiger partial charge in [-0.15, -0.1) is 0 Å². The molecule has 4 atom stereocenters. The first-order valence-corrected chi connectivity index (χ1v) is 10.7. The second kappa shape index (κ2) is 14.1. The van der Waals surface area contributed by atoms with Crippen LogP contribution >= 0.6 is 7.60 Å². The van der Waals surface area contributed by atoms with Gasteiger partial charge in [-0.05, 0) is 12.8 Å². The van der Waals surface area contributed by atoms with Crippen molar-refractivity contribution < 1.29 is 39.1 Å². The molecule has 0 rings (SSSR count). The van der Waals surface area contributed by atoms with E-state index in [1.165, 1.54) is 0 Å². The van der Waals surface area contributed by atoms with Gasteiger partial charge in [0.2, 0.25) is 0 Å². The smallest absolute Gasteiger partial charge is 0.356 e. The van der Waals surface area contributed by atoms with Crippen molar-refractivity contribution in [2.75, 3.05) is 19.8 Å². The van der Waals surface area contributed by atoms with Gasteiger partial charge in [0.25, 0.3) is 0 Å². The lowest BCUT2D eigenvalue weighted by atomic mass is 10.1. The van der Waals surface area contributed by atoms with Gasteiger partial charge in [0.05, 0.1) is 19.3 Å². The highest BCUT2D eigenvalue weighted by Crippen LogP contribution is 2.44. The van der Waals surface area contributed by atoms with Crippen LogP contribution in [0, 0.1) is 0 Å². The Labute approximate surface area is 150 Å². The highest BCUT2D eigenvalue weighted by atomic mass is 31.2. The summed E-state index contributed by atoms with van der Waals surface area (Å²) in [6.07, 6.45) is 2.60. The van der Waals surface area contributed by atoms with Crippen molar-refractivity contribution >= 4 is 7.60 Å². The molecule has 0 aliphatic carbocycles. The third kappa shape index (κ3) is 10.6. The molecule has 0 aromatic carbocycles. The minimum atomic E-state index is -4.80. The maximum absolute atomic E-state index is 11.6. The minimum Gasteiger partial charge on any atom is -0.394 e. The Morgan fingerprint density at radius 2 is 1.52 bits per heavy atom. The number of aliphatic hydroxyl groups is 3. The van der Waals surface area contributed by atoms with Crippen LogP contribution in [0.2, 0.25) is 0 Å². The zero-order chi connectivity index (χ0) is 19.3. The van der Waals surface area contributed by atoms with Gasteiger partial charge < -0.3 is 34.6 Å². The Kier molecular flexibility index (Phi) is 14.0. The maximum atomic E-state index is 11.6. The fraction of sp³-hybridized carbons (Fsp3) is 1.00. The Morgan fingerprint density at radius 3 is 2.00 bits per heavy atom. The summed E-state index contributed by atoms with van der Waals surface area (Å²) in [6.45, 7) is 3.30. The molecule has 0 aliphatic rings. The first kappa shape index (κ1) is 24.9. The molecule has 0 bridgehead atoms. The second-order valence-electron chi connectivity index (χ2n) is 6.20. The van der Waals surface area contributed by atoms with Crippen LogP contribution in [0.1, 0.15) is 58.8 Å². The lowest BCUT2D eigenvalue weighted by Gasteiger charge is -2.32. The first-order chi connectivity index (χ1) is 11.8. The molecule has 0 saturated carbocycles. The lowest BCUT2D eigenvalue weighted by molar-refractivity contribution is -0.132. The summed E-state index contributed by atoms with van der Waals surface area (Å²) in [5, 5.41) is 28.4. The molecule has 0 heterocycles. The van der Waals surface area contributed by atoms with Crippen LogP contribution in [0.4, 0.5) is 0 Å². The van der Waals surface area contributed by atoms with Gasteiger partial charge in [0.15, 0.2) is 5.85 Å². The van der Waals surface area contributed by atoms with Gasteiger partial charge in [-0.1, -0.05) is 46.0 Å². The molecular weight excluding hydrogens is 351 g/mol. The molecule has 0 aliphatic heterocycles. The largest absolute Gasteiger partial charge is 0.394 e. The molecule has 3 unspecified atom stereocenters. The molecule has 25 heavy (non-hydrogen) atoms. The highest BCUT2D eigenvalue weighted by Gasteiger charge is 2.39. The Bertz CT molecular complexity index is 362. The molecule has 0 amide bonds. The van der Waals surface area contributed by atoms with E-state index in [0.29, 0.717) is 13.0 Å². The van der Waals surface area contributed by atoms with E-state index >= 15 is 0 Å². The van der Waals surface area contributed by atoms with Gasteiger partial charge in [-0.3, -0.25) is 4.57 Å². The third-order valence-corrected chi connectivity index (χ3v) is 5.06. The Hall–Kier alpha value is -0.0500. The van der Waals surface area contributed by atoms with Gasteiger partial charge >= 0.3 is 7.60 Å². The predicted octanol–water partition coefficient (Wildman–Crippen LogP) is 1.38. The van der Waals surface area contributed by atoms with Crippen molar-refractivity contribution in [3.8, 4) is 0 Å². The lowest BCUT2D eigenvalue weighted by Crippen LogP contribution is -2.42. The van der Waals surface area contributed by atoms with Crippen molar-refractivity contribution in [1.82, 2.24) is 0 Å². The SMILES string of the molecule is CCCCCO[C@@H](CO)C(CCCCC)OC(C(O)CO)P(=O)(O)O. The summed E-state index contributed by atoms with van der Waals surface area (Å²) in [7, 11) is -4.80. The van der Waals surface area contributed by atoms with Crippen molar-refractivity contribution in [3.63, 3.8) is 0 Å². The molecule has 0 aromatic heterocycles. The quantitative estimate of drug-likeness (QED) is 0.198. The van der Waals surface area contributed by atoms with Crippen molar-refractivity contribution in [2.24, 2.45) is 0 Å². The van der Waals surface area contributed by atoms with Gasteiger partial charge in [0.1, 0.15) is 12.2 Å². The number of hydrogen-bond donors (Lipinski definition) is 5. The summed E-state index contributed by atoms with van der Waals surface area (Å²) in [6, 6.07) is 0. The predicted molar refractivity (Wildman–Crippen MR) is 94.3 cm³/mol. The average molecular weight is 386 g/mol. The topological polar surface area (TPSA) is 137 Å². The Morgan fingerprint density at radius 1 is 0.920 bits per heavy atom. The van der Waals surface area contributed by atoms with Crippen LogP contribution in [0.5, 0.6) is 0 Å². The van der Waals surface area contributed by atoms with E-state index in [4.69, 9.17) is 14.6 Å². The van der Waals surface area contributed by atoms with E-state index in [1.807, 2.05) is 6.92 Å². The van der Waals surface area contributed by atoms with E-state index in [1.54, 1.807) is 0 Å². The second-order valence-corrected chi connectivity index (χ2v) is 7.89. The van der Waals surface area contributed by atoms with Gasteiger partial charge in [-0.2, -0.15) is 0 Å². The number of unbranched alkanes of at least 4 members (excludes halogenated alkanes) is 4. The third-order valence-electron chi connectivity index (χ3n) is 3.93. The van der Waals surface area contributed by atoms with E-state index in [0.717, 1.165) is 38.5 Å². The van der Waals surface area contributed by atoms with Crippen LogP contribution in [0.3, 0.4) is 0 Å². The number of aliphatic hydroxyl groups excluding tert-OH is 3. The fourth-order valence-corrected chi connectivity index (χ4v) is 3.32. The number of hydrogen-bond acceptors (Lipinski definition) is 6. The van der Waals surface area contributed by atoms with Crippen molar-refractivity contribution in [2.45, 2.75) is 83.0 Å². The summed E-state index contributed by atoms with van der Waals surface area (Å²) in [4.78, 5) is 18.8. The van der Waals surface area contributed by atoms with Crippen molar-refractivity contribution in [1.29, 1.82) is 0 Å². The van der Waals surface area contributed by atoms with E-state index in [-0.39, 0.29) is 6.61 Å². The zero-order valence-corrected chi connectivity index (χ0v) is 16.2. The summed E-state index contributed by atoms with van der Waals surface area (Å²) in [5.74, 6) is -1.85. The van der Waals surface area contributed by atoms with Crippen LogP contribution in [-0.4, -0.2) is 69.1 Å². The molecule has 0 fully saturated rings. The zero-order valence-electron chi connectivity index (χ0n) is 15.3. The maximum Gasteiger partial charge on any atom is 0.356 e. The molecule has 9 heteroatoms. The molecule has 0 radical (unpaired) electrons. The average Bonchev–Trinajstić information content (AvgIpc) is 2.57. The molecule has 0 spiro atoms. The minimum absolute atomic E-state index is 0.355. The molecule has 5 N–H and O–H groups in total. The van der Waals surface area contributed by atoms with E-state index < -0.39 is 38.4 Å². The van der Waals surface area contributed by atoms with Crippen molar-refractivity contribution in [3.05, 3.63) is 0 Å². The summed E-state index contributed by atoms with van der Waals surface area (Å²) in [5.41, 5.74) is 0. The summed E-state index contributed by atoms with van der Waals surface area (Å²) >= 11 is 0. The standard InChI is InChI=1S/C16H35O8P/c1-3-5-7-9-14(15(12-18)23-10-8-6-4-2)24-16(13(19)11-17)25(20,21)22/h13-19H,3-12H2,1-2H3,(H2,20,21,22)/t13?,14?,15-,16?/m0/s1. The summed E-state index contributed by atoms with van der Waals surface area (Å²) < 4.78 is 22.7. The first-order valence-electron chi connectivity index (χ1n) is 9.03.